The number of nitrogens with two attached hydrogens (primary N) is 1. The van der Waals surface area contributed by atoms with Crippen LogP contribution in [0.2, 0.25) is 0 Å². The van der Waals surface area contributed by atoms with Crippen LogP contribution in [-0.2, 0) is 0 Å². The molecule has 4 aromatic rings. The van der Waals surface area contributed by atoms with Gasteiger partial charge in [-0.2, -0.15) is 10.2 Å². The second-order valence-corrected chi connectivity index (χ2v) is 6.28. The van der Waals surface area contributed by atoms with Crippen LogP contribution in [0.3, 0.4) is 0 Å². The number of aromatic nitrogens is 3. The number of carbonyl (C=O) groups is 1. The van der Waals surface area contributed by atoms with Crippen molar-refractivity contribution < 1.29 is 4.79 Å². The number of rotatable bonds is 5. The molecule has 0 atom stereocenters. The molecule has 3 N–H and O–H groups in total. The topological polar surface area (TPSA) is 98.2 Å². The van der Waals surface area contributed by atoms with Crippen LogP contribution < -0.4 is 11.2 Å². The van der Waals surface area contributed by atoms with E-state index >= 15 is 0 Å². The Morgan fingerprint density at radius 1 is 1.03 bits per heavy atom. The minimum absolute atomic E-state index is 0.320. The van der Waals surface area contributed by atoms with E-state index in [2.05, 4.69) is 20.6 Å². The lowest BCUT2D eigenvalue weighted by Gasteiger charge is -2.00. The maximum Gasteiger partial charge on any atom is 0.271 e. The van der Waals surface area contributed by atoms with Gasteiger partial charge in [0.15, 0.2) is 0 Å². The quantitative estimate of drug-likeness (QED) is 0.314. The molecule has 7 heteroatoms. The first-order valence-electron chi connectivity index (χ1n) is 8.95. The van der Waals surface area contributed by atoms with E-state index in [1.54, 1.807) is 47.6 Å². The molecular formula is C22H18N6O. The first-order chi connectivity index (χ1) is 14.2. The van der Waals surface area contributed by atoms with Crippen LogP contribution >= 0.6 is 0 Å². The molecular weight excluding hydrogens is 364 g/mol. The highest BCUT2D eigenvalue weighted by Crippen LogP contribution is 2.21. The van der Waals surface area contributed by atoms with E-state index < -0.39 is 0 Å². The van der Waals surface area contributed by atoms with Crippen molar-refractivity contribution in [3.8, 4) is 16.9 Å². The summed E-state index contributed by atoms with van der Waals surface area (Å²) in [5.41, 5.74) is 12.5. The molecule has 2 aromatic heterocycles. The summed E-state index contributed by atoms with van der Waals surface area (Å²) in [6.45, 7) is 0. The lowest BCUT2D eigenvalue weighted by Crippen LogP contribution is -2.17. The van der Waals surface area contributed by atoms with E-state index in [4.69, 9.17) is 5.73 Å². The van der Waals surface area contributed by atoms with Gasteiger partial charge in [0, 0.05) is 41.0 Å². The average molecular weight is 382 g/mol. The van der Waals surface area contributed by atoms with E-state index in [1.807, 2.05) is 48.7 Å². The number of nitrogen functional groups attached to an aromatic ring is 1. The number of amides is 1. The smallest absolute Gasteiger partial charge is 0.271 e. The molecule has 0 radical (unpaired) electrons. The predicted octanol–water partition coefficient (Wildman–Crippen LogP) is 3.28. The van der Waals surface area contributed by atoms with Gasteiger partial charge in [-0.25, -0.2) is 10.1 Å². The third-order valence-electron chi connectivity index (χ3n) is 4.24. The molecule has 0 bridgehead atoms. The van der Waals surface area contributed by atoms with Gasteiger partial charge in [-0.15, -0.1) is 0 Å². The van der Waals surface area contributed by atoms with Crippen molar-refractivity contribution in [3.63, 3.8) is 0 Å². The average Bonchev–Trinajstić information content (AvgIpc) is 3.19. The first-order valence-corrected chi connectivity index (χ1v) is 8.95. The highest BCUT2D eigenvalue weighted by molar-refractivity contribution is 5.95. The fourth-order valence-corrected chi connectivity index (χ4v) is 2.78. The Labute approximate surface area is 167 Å². The molecule has 0 aliphatic carbocycles. The van der Waals surface area contributed by atoms with Crippen LogP contribution in [0.4, 0.5) is 5.69 Å². The van der Waals surface area contributed by atoms with Gasteiger partial charge in [-0.05, 0) is 48.5 Å². The number of hydrogen-bond acceptors (Lipinski definition) is 5. The van der Waals surface area contributed by atoms with Crippen LogP contribution in [-0.4, -0.2) is 26.9 Å². The third kappa shape index (κ3) is 4.19. The molecule has 29 heavy (non-hydrogen) atoms. The number of carbonyl (C=O) groups excluding carboxylic acids is 1. The molecule has 0 saturated carbocycles. The fraction of sp³-hybridized carbons (Fsp3) is 0. The Kier molecular flexibility index (Phi) is 5.11. The van der Waals surface area contributed by atoms with Crippen molar-refractivity contribution in [3.05, 3.63) is 96.4 Å². The SMILES string of the molecule is Nc1ccc(C(=O)N/N=C/c2cn(-c3ccccc3)nc2-c2cccnc2)cc1. The minimum atomic E-state index is -0.320. The Morgan fingerprint density at radius 3 is 2.55 bits per heavy atom. The summed E-state index contributed by atoms with van der Waals surface area (Å²) in [5, 5.41) is 8.78. The number of para-hydroxylation sites is 1. The van der Waals surface area contributed by atoms with Crippen LogP contribution in [0.25, 0.3) is 16.9 Å². The summed E-state index contributed by atoms with van der Waals surface area (Å²) in [6.07, 6.45) is 6.88. The molecule has 1 amide bonds. The van der Waals surface area contributed by atoms with E-state index in [0.717, 1.165) is 16.8 Å². The Morgan fingerprint density at radius 2 is 1.83 bits per heavy atom. The summed E-state index contributed by atoms with van der Waals surface area (Å²) in [5.74, 6) is -0.320. The standard InChI is InChI=1S/C22H18N6O/c23-19-10-8-16(9-11-19)22(29)26-25-14-18-15-28(20-6-2-1-3-7-20)27-21(18)17-5-4-12-24-13-17/h1-15H,23H2,(H,26,29)/b25-14+. The Balaban J connectivity index is 1.61. The fourth-order valence-electron chi connectivity index (χ4n) is 2.78. The summed E-state index contributed by atoms with van der Waals surface area (Å²) in [6, 6.07) is 20.2. The van der Waals surface area contributed by atoms with Gasteiger partial charge in [-0.3, -0.25) is 9.78 Å². The van der Waals surface area contributed by atoms with Crippen molar-refractivity contribution in [2.45, 2.75) is 0 Å². The maximum absolute atomic E-state index is 12.2. The zero-order valence-corrected chi connectivity index (χ0v) is 15.4. The van der Waals surface area contributed by atoms with Gasteiger partial charge in [-0.1, -0.05) is 18.2 Å². The van der Waals surface area contributed by atoms with E-state index in [9.17, 15) is 4.79 Å². The molecule has 0 aliphatic rings. The highest BCUT2D eigenvalue weighted by atomic mass is 16.2. The molecule has 0 fully saturated rings. The largest absolute Gasteiger partial charge is 0.399 e. The van der Waals surface area contributed by atoms with Gasteiger partial charge in [0.25, 0.3) is 5.91 Å². The number of hydrazone groups is 1. The molecule has 0 unspecified atom stereocenters. The van der Waals surface area contributed by atoms with E-state index in [1.165, 1.54) is 0 Å². The number of benzene rings is 2. The molecule has 142 valence electrons. The van der Waals surface area contributed by atoms with Crippen molar-refractivity contribution in [1.29, 1.82) is 0 Å². The van der Waals surface area contributed by atoms with Gasteiger partial charge in [0.05, 0.1) is 11.9 Å². The van der Waals surface area contributed by atoms with Gasteiger partial charge < -0.3 is 5.73 Å². The maximum atomic E-state index is 12.2. The Bertz CT molecular complexity index is 1140. The van der Waals surface area contributed by atoms with Gasteiger partial charge >= 0.3 is 0 Å². The van der Waals surface area contributed by atoms with Gasteiger partial charge in [0.2, 0.25) is 0 Å². The summed E-state index contributed by atoms with van der Waals surface area (Å²) >= 11 is 0. The number of hydrogen-bond donors (Lipinski definition) is 2. The summed E-state index contributed by atoms with van der Waals surface area (Å²) in [4.78, 5) is 16.4. The van der Waals surface area contributed by atoms with E-state index in [-0.39, 0.29) is 5.91 Å². The van der Waals surface area contributed by atoms with Crippen molar-refractivity contribution in [1.82, 2.24) is 20.2 Å². The minimum Gasteiger partial charge on any atom is -0.399 e. The molecule has 2 heterocycles. The zero-order chi connectivity index (χ0) is 20.1. The Hall–Kier alpha value is -4.26. The summed E-state index contributed by atoms with van der Waals surface area (Å²) < 4.78 is 1.77. The van der Waals surface area contributed by atoms with Crippen LogP contribution in [0.1, 0.15) is 15.9 Å². The molecule has 4 rings (SSSR count). The van der Waals surface area contributed by atoms with Crippen LogP contribution in [0.15, 0.2) is 90.4 Å². The highest BCUT2D eigenvalue weighted by Gasteiger charge is 2.11. The third-order valence-corrected chi connectivity index (χ3v) is 4.24. The van der Waals surface area contributed by atoms with Crippen LogP contribution in [0.5, 0.6) is 0 Å². The number of nitrogens with one attached hydrogen (secondary N) is 1. The summed E-state index contributed by atoms with van der Waals surface area (Å²) in [7, 11) is 0. The van der Waals surface area contributed by atoms with Crippen molar-refractivity contribution >= 4 is 17.8 Å². The van der Waals surface area contributed by atoms with Crippen molar-refractivity contribution in [2.75, 3.05) is 5.73 Å². The monoisotopic (exact) mass is 382 g/mol. The zero-order valence-electron chi connectivity index (χ0n) is 15.4. The number of anilines is 1. The molecule has 0 aliphatic heterocycles. The second-order valence-electron chi connectivity index (χ2n) is 6.28. The number of nitrogens with zero attached hydrogens (tertiary/aromatic N) is 4. The normalized spacial score (nSPS) is 10.9. The molecule has 2 aromatic carbocycles. The number of pyridine rings is 1. The lowest BCUT2D eigenvalue weighted by atomic mass is 10.1. The van der Waals surface area contributed by atoms with Crippen molar-refractivity contribution in [2.24, 2.45) is 5.10 Å². The molecule has 7 nitrogen and oxygen atoms in total. The first kappa shape index (κ1) is 18.1. The van der Waals surface area contributed by atoms with Crippen LogP contribution in [0, 0.1) is 0 Å². The predicted molar refractivity (Wildman–Crippen MR) is 113 cm³/mol. The molecule has 0 spiro atoms. The van der Waals surface area contributed by atoms with Gasteiger partial charge in [0.1, 0.15) is 5.69 Å². The lowest BCUT2D eigenvalue weighted by molar-refractivity contribution is 0.0955. The second kappa shape index (κ2) is 8.18. The molecule has 0 saturated heterocycles. The van der Waals surface area contributed by atoms with E-state index in [0.29, 0.717) is 16.9 Å².